The van der Waals surface area contributed by atoms with Crippen molar-refractivity contribution in [3.05, 3.63) is 29.3 Å². The number of rotatable bonds is 2. The highest BCUT2D eigenvalue weighted by Crippen LogP contribution is 2.33. The predicted octanol–water partition coefficient (Wildman–Crippen LogP) is 2.05. The van der Waals surface area contributed by atoms with Crippen LogP contribution in [0.3, 0.4) is 0 Å². The maximum absolute atomic E-state index is 12.5. The Kier molecular flexibility index (Phi) is 3.70. The van der Waals surface area contributed by atoms with E-state index in [1.807, 2.05) is 26.0 Å². The van der Waals surface area contributed by atoms with E-state index in [-0.39, 0.29) is 24.3 Å². The van der Waals surface area contributed by atoms with E-state index in [4.69, 9.17) is 0 Å². The summed E-state index contributed by atoms with van der Waals surface area (Å²) in [6.07, 6.45) is 4.44. The Morgan fingerprint density at radius 1 is 1.19 bits per heavy atom. The summed E-state index contributed by atoms with van der Waals surface area (Å²) < 4.78 is 0. The smallest absolute Gasteiger partial charge is 0.247 e. The van der Waals surface area contributed by atoms with Crippen LogP contribution in [0.4, 0.5) is 5.69 Å². The molecule has 1 atom stereocenters. The number of piperazine rings is 1. The Morgan fingerprint density at radius 2 is 1.95 bits per heavy atom. The molecule has 3 rings (SSSR count). The summed E-state index contributed by atoms with van der Waals surface area (Å²) in [6, 6.07) is 5.75. The molecule has 1 aromatic rings. The Morgan fingerprint density at radius 3 is 2.71 bits per heavy atom. The Bertz CT molecular complexity index is 580. The molecule has 0 saturated carbocycles. The topological polar surface area (TPSA) is 49.4 Å². The summed E-state index contributed by atoms with van der Waals surface area (Å²) in [7, 11) is 0. The third-order valence-corrected chi connectivity index (χ3v) is 4.49. The van der Waals surface area contributed by atoms with Crippen molar-refractivity contribution in [2.24, 2.45) is 5.92 Å². The van der Waals surface area contributed by atoms with Crippen LogP contribution in [0.1, 0.15) is 37.8 Å². The summed E-state index contributed by atoms with van der Waals surface area (Å²) in [6.45, 7) is 4.09. The van der Waals surface area contributed by atoms with Crippen LogP contribution in [-0.2, 0) is 22.4 Å². The lowest BCUT2D eigenvalue weighted by Crippen LogP contribution is -2.60. The molecule has 0 radical (unpaired) electrons. The molecular formula is C17H22N2O2. The second kappa shape index (κ2) is 5.51. The summed E-state index contributed by atoms with van der Waals surface area (Å²) in [5.41, 5.74) is 3.54. The van der Waals surface area contributed by atoms with Crippen LogP contribution in [0.25, 0.3) is 0 Å². The fourth-order valence-corrected chi connectivity index (χ4v) is 3.50. The number of hydrogen-bond donors (Lipinski definition) is 1. The van der Waals surface area contributed by atoms with Crippen LogP contribution in [-0.4, -0.2) is 24.4 Å². The zero-order valence-corrected chi connectivity index (χ0v) is 12.7. The van der Waals surface area contributed by atoms with E-state index < -0.39 is 6.04 Å². The Hall–Kier alpha value is -1.84. The first-order valence-corrected chi connectivity index (χ1v) is 7.80. The lowest BCUT2D eigenvalue weighted by molar-refractivity contribution is -0.131. The van der Waals surface area contributed by atoms with Crippen molar-refractivity contribution in [2.45, 2.75) is 45.6 Å². The second-order valence-corrected chi connectivity index (χ2v) is 6.29. The molecule has 1 aliphatic heterocycles. The average Bonchev–Trinajstić information content (AvgIpc) is 2.48. The first-order chi connectivity index (χ1) is 10.1. The molecular weight excluding hydrogens is 264 g/mol. The highest BCUT2D eigenvalue weighted by atomic mass is 16.2. The van der Waals surface area contributed by atoms with Crippen molar-refractivity contribution in [3.8, 4) is 0 Å². The highest BCUT2D eigenvalue weighted by Gasteiger charge is 2.38. The maximum Gasteiger partial charge on any atom is 0.247 e. The molecule has 0 bridgehead atoms. The van der Waals surface area contributed by atoms with Crippen LogP contribution in [0, 0.1) is 5.92 Å². The summed E-state index contributed by atoms with van der Waals surface area (Å²) in [5, 5.41) is 2.71. The van der Waals surface area contributed by atoms with Crippen molar-refractivity contribution in [1.82, 2.24) is 5.32 Å². The molecule has 1 aliphatic carbocycles. The fraction of sp³-hybridized carbons (Fsp3) is 0.529. The van der Waals surface area contributed by atoms with Gasteiger partial charge in [0.05, 0.1) is 6.54 Å². The average molecular weight is 286 g/mol. The van der Waals surface area contributed by atoms with Gasteiger partial charge in [0.25, 0.3) is 0 Å². The van der Waals surface area contributed by atoms with E-state index in [9.17, 15) is 9.59 Å². The van der Waals surface area contributed by atoms with Gasteiger partial charge in [-0.05, 0) is 48.8 Å². The first kappa shape index (κ1) is 14.1. The van der Waals surface area contributed by atoms with E-state index in [0.29, 0.717) is 0 Å². The van der Waals surface area contributed by atoms with Gasteiger partial charge in [-0.25, -0.2) is 0 Å². The molecule has 4 heteroatoms. The lowest BCUT2D eigenvalue weighted by atomic mass is 9.88. The number of carbonyl (C=O) groups excluding carboxylic acids is 2. The van der Waals surface area contributed by atoms with Crippen LogP contribution in [0.15, 0.2) is 18.2 Å². The minimum atomic E-state index is -0.403. The third-order valence-electron chi connectivity index (χ3n) is 4.49. The van der Waals surface area contributed by atoms with Crippen molar-refractivity contribution in [2.75, 3.05) is 11.4 Å². The van der Waals surface area contributed by atoms with Crippen LogP contribution in [0.5, 0.6) is 0 Å². The second-order valence-electron chi connectivity index (χ2n) is 6.29. The van der Waals surface area contributed by atoms with Crippen molar-refractivity contribution in [3.63, 3.8) is 0 Å². The van der Waals surface area contributed by atoms with Crippen molar-refractivity contribution in [1.29, 1.82) is 0 Å². The van der Waals surface area contributed by atoms with Crippen LogP contribution < -0.4 is 10.2 Å². The van der Waals surface area contributed by atoms with Gasteiger partial charge in [-0.15, -0.1) is 0 Å². The summed E-state index contributed by atoms with van der Waals surface area (Å²) in [4.78, 5) is 26.4. The van der Waals surface area contributed by atoms with Gasteiger partial charge in [-0.1, -0.05) is 26.0 Å². The number of benzene rings is 1. The minimum absolute atomic E-state index is 0.00715. The molecule has 4 nitrogen and oxygen atoms in total. The number of nitrogens with one attached hydrogen (secondary N) is 1. The van der Waals surface area contributed by atoms with E-state index in [0.717, 1.165) is 24.9 Å². The van der Waals surface area contributed by atoms with Crippen LogP contribution in [0.2, 0.25) is 0 Å². The SMILES string of the molecule is CC(C)C1C(=O)NCC(=O)N1c1cccc2c1CCCC2. The van der Waals surface area contributed by atoms with E-state index in [1.54, 1.807) is 4.90 Å². The lowest BCUT2D eigenvalue weighted by Gasteiger charge is -2.39. The largest absolute Gasteiger partial charge is 0.345 e. The number of carbonyl (C=O) groups is 2. The molecule has 21 heavy (non-hydrogen) atoms. The standard InChI is InChI=1S/C17H22N2O2/c1-11(2)16-17(21)18-10-15(20)19(16)14-9-5-7-12-6-3-4-8-13(12)14/h5,7,9,11,16H,3-4,6,8,10H2,1-2H3,(H,18,21). The Balaban J connectivity index is 2.08. The summed E-state index contributed by atoms with van der Waals surface area (Å²) in [5.74, 6) is 0.0407. The monoisotopic (exact) mass is 286 g/mol. The molecule has 1 aromatic carbocycles. The maximum atomic E-state index is 12.5. The number of amides is 2. The predicted molar refractivity (Wildman–Crippen MR) is 82.2 cm³/mol. The normalized spacial score (nSPS) is 22.2. The van der Waals surface area contributed by atoms with Crippen molar-refractivity contribution < 1.29 is 9.59 Å². The molecule has 1 fully saturated rings. The van der Waals surface area contributed by atoms with Gasteiger partial charge in [0.15, 0.2) is 0 Å². The minimum Gasteiger partial charge on any atom is -0.345 e. The fourth-order valence-electron chi connectivity index (χ4n) is 3.50. The van der Waals surface area contributed by atoms with Crippen molar-refractivity contribution >= 4 is 17.5 Å². The van der Waals surface area contributed by atoms with E-state index in [2.05, 4.69) is 11.4 Å². The first-order valence-electron chi connectivity index (χ1n) is 7.80. The number of hydrogen-bond acceptors (Lipinski definition) is 2. The van der Waals surface area contributed by atoms with Gasteiger partial charge in [-0.3, -0.25) is 14.5 Å². The van der Waals surface area contributed by atoms with Gasteiger partial charge < -0.3 is 5.32 Å². The molecule has 1 saturated heterocycles. The van der Waals surface area contributed by atoms with Gasteiger partial charge in [0.1, 0.15) is 6.04 Å². The van der Waals surface area contributed by atoms with Gasteiger partial charge in [0, 0.05) is 5.69 Å². The zero-order valence-electron chi connectivity index (χ0n) is 12.7. The Labute approximate surface area is 125 Å². The van der Waals surface area contributed by atoms with Gasteiger partial charge in [-0.2, -0.15) is 0 Å². The van der Waals surface area contributed by atoms with E-state index in [1.165, 1.54) is 17.5 Å². The van der Waals surface area contributed by atoms with Gasteiger partial charge in [0.2, 0.25) is 11.8 Å². The van der Waals surface area contributed by atoms with E-state index >= 15 is 0 Å². The number of anilines is 1. The quantitative estimate of drug-likeness (QED) is 0.904. The summed E-state index contributed by atoms with van der Waals surface area (Å²) >= 11 is 0. The molecule has 1 unspecified atom stereocenters. The number of fused-ring (bicyclic) bond motifs is 1. The number of nitrogens with zero attached hydrogens (tertiary/aromatic N) is 1. The zero-order chi connectivity index (χ0) is 15.0. The van der Waals surface area contributed by atoms with Crippen LogP contribution >= 0.6 is 0 Å². The molecule has 2 amide bonds. The molecule has 1 heterocycles. The molecule has 112 valence electrons. The molecule has 1 N–H and O–H groups in total. The molecule has 0 spiro atoms. The number of aryl methyl sites for hydroxylation is 1. The molecule has 2 aliphatic rings. The highest BCUT2D eigenvalue weighted by molar-refractivity contribution is 6.07. The molecule has 0 aromatic heterocycles. The third kappa shape index (κ3) is 2.43. The van der Waals surface area contributed by atoms with Gasteiger partial charge >= 0.3 is 0 Å².